The van der Waals surface area contributed by atoms with Gasteiger partial charge in [0.1, 0.15) is 0 Å². The summed E-state index contributed by atoms with van der Waals surface area (Å²) < 4.78 is 38.4. The average Bonchev–Trinajstić information content (AvgIpc) is 2.54. The molecular weight excluding hydrogens is 261 g/mol. The number of carbonyl (C=O) groups is 1. The first-order valence-electron chi connectivity index (χ1n) is 4.18. The van der Waals surface area contributed by atoms with Crippen LogP contribution in [0.3, 0.4) is 0 Å². The van der Waals surface area contributed by atoms with Crippen LogP contribution >= 0.6 is 22.9 Å². The molecule has 0 bridgehead atoms. The molecule has 0 aliphatic carbocycles. The number of hydrogen-bond acceptors (Lipinski definition) is 2. The lowest BCUT2D eigenvalue weighted by Crippen LogP contribution is -2.04. The lowest BCUT2D eigenvalue weighted by Gasteiger charge is -2.07. The number of rotatable bonds is 1. The van der Waals surface area contributed by atoms with Crippen LogP contribution < -0.4 is 0 Å². The monoisotopic (exact) mass is 264 g/mol. The second-order valence-corrected chi connectivity index (χ2v) is 4.54. The molecule has 84 valence electrons. The van der Waals surface area contributed by atoms with Crippen molar-refractivity contribution in [2.75, 3.05) is 0 Å². The Kier molecular flexibility index (Phi) is 2.67. The van der Waals surface area contributed by atoms with E-state index in [0.717, 1.165) is 17.4 Å². The molecule has 0 unspecified atom stereocenters. The zero-order valence-electron chi connectivity index (χ0n) is 7.64. The number of alkyl halides is 3. The van der Waals surface area contributed by atoms with E-state index < -0.39 is 11.7 Å². The maximum absolute atomic E-state index is 12.7. The highest BCUT2D eigenvalue weighted by Gasteiger charge is 2.34. The molecule has 0 saturated carbocycles. The van der Waals surface area contributed by atoms with Crippen LogP contribution in [0.1, 0.15) is 15.2 Å². The second kappa shape index (κ2) is 3.75. The van der Waals surface area contributed by atoms with Gasteiger partial charge in [-0.05, 0) is 12.1 Å². The number of hydrogen-bond donors (Lipinski definition) is 0. The van der Waals surface area contributed by atoms with E-state index in [1.807, 2.05) is 0 Å². The molecule has 0 N–H and O–H groups in total. The first-order chi connectivity index (χ1) is 7.45. The Labute approximate surface area is 97.4 Å². The highest BCUT2D eigenvalue weighted by molar-refractivity contribution is 7.21. The van der Waals surface area contributed by atoms with Crippen molar-refractivity contribution < 1.29 is 18.0 Å². The molecule has 0 spiro atoms. The van der Waals surface area contributed by atoms with Crippen molar-refractivity contribution in [2.24, 2.45) is 0 Å². The zero-order chi connectivity index (χ0) is 11.9. The minimum Gasteiger partial charge on any atom is -0.297 e. The second-order valence-electron chi connectivity index (χ2n) is 3.07. The first kappa shape index (κ1) is 11.4. The quantitative estimate of drug-likeness (QED) is 0.698. The van der Waals surface area contributed by atoms with Gasteiger partial charge < -0.3 is 0 Å². The van der Waals surface area contributed by atoms with E-state index in [4.69, 9.17) is 11.6 Å². The van der Waals surface area contributed by atoms with Gasteiger partial charge in [-0.3, -0.25) is 4.79 Å². The molecule has 0 atom stereocenters. The van der Waals surface area contributed by atoms with Crippen LogP contribution in [0.15, 0.2) is 18.2 Å². The van der Waals surface area contributed by atoms with Gasteiger partial charge in [-0.1, -0.05) is 17.7 Å². The Balaban J connectivity index is 2.86. The molecule has 2 rings (SSSR count). The third-order valence-corrected chi connectivity index (χ3v) is 3.68. The third-order valence-electron chi connectivity index (χ3n) is 2.09. The molecule has 1 aromatic carbocycles. The van der Waals surface area contributed by atoms with E-state index in [2.05, 4.69) is 0 Å². The van der Waals surface area contributed by atoms with Crippen LogP contribution in [0.5, 0.6) is 0 Å². The maximum Gasteiger partial charge on any atom is 0.417 e. The van der Waals surface area contributed by atoms with E-state index in [-0.39, 0.29) is 15.3 Å². The fourth-order valence-corrected chi connectivity index (χ4v) is 2.80. The third kappa shape index (κ3) is 1.70. The fourth-order valence-electron chi connectivity index (χ4n) is 1.44. The summed E-state index contributed by atoms with van der Waals surface area (Å²) in [6.07, 6.45) is -4.00. The number of benzene rings is 1. The molecule has 2 aromatic rings. The minimum atomic E-state index is -4.47. The van der Waals surface area contributed by atoms with Gasteiger partial charge in [0.15, 0.2) is 6.29 Å². The van der Waals surface area contributed by atoms with Crippen LogP contribution in [0, 0.1) is 0 Å². The van der Waals surface area contributed by atoms with Crippen LogP contribution in [0.2, 0.25) is 5.02 Å². The lowest BCUT2D eigenvalue weighted by molar-refractivity contribution is -0.136. The van der Waals surface area contributed by atoms with E-state index in [1.165, 1.54) is 12.1 Å². The van der Waals surface area contributed by atoms with E-state index in [1.54, 1.807) is 0 Å². The van der Waals surface area contributed by atoms with Gasteiger partial charge in [-0.15, -0.1) is 11.3 Å². The van der Waals surface area contributed by atoms with Crippen molar-refractivity contribution in [1.29, 1.82) is 0 Å². The summed E-state index contributed by atoms with van der Waals surface area (Å²) in [6, 6.07) is 3.76. The highest BCUT2D eigenvalue weighted by atomic mass is 35.5. The Bertz CT molecular complexity index is 559. The molecular formula is C10H4ClF3OS. The summed E-state index contributed by atoms with van der Waals surface area (Å²) >= 11 is 6.70. The van der Waals surface area contributed by atoms with Crippen molar-refractivity contribution in [2.45, 2.75) is 6.18 Å². The molecule has 6 heteroatoms. The Morgan fingerprint density at radius 1 is 1.31 bits per heavy atom. The van der Waals surface area contributed by atoms with E-state index >= 15 is 0 Å². The SMILES string of the molecule is O=Cc1sc2cccc(C(F)(F)F)c2c1Cl. The summed E-state index contributed by atoms with van der Waals surface area (Å²) in [4.78, 5) is 10.7. The van der Waals surface area contributed by atoms with Crippen molar-refractivity contribution in [3.05, 3.63) is 33.7 Å². The normalized spacial score (nSPS) is 12.0. The van der Waals surface area contributed by atoms with Crippen LogP contribution in [0.25, 0.3) is 10.1 Å². The van der Waals surface area contributed by atoms with Crippen molar-refractivity contribution in [1.82, 2.24) is 0 Å². The Morgan fingerprint density at radius 2 is 2.00 bits per heavy atom. The van der Waals surface area contributed by atoms with Crippen molar-refractivity contribution in [3.8, 4) is 0 Å². The van der Waals surface area contributed by atoms with E-state index in [9.17, 15) is 18.0 Å². The molecule has 1 aromatic heterocycles. The maximum atomic E-state index is 12.7. The lowest BCUT2D eigenvalue weighted by atomic mass is 10.1. The molecule has 0 amide bonds. The van der Waals surface area contributed by atoms with Gasteiger partial charge in [0.2, 0.25) is 0 Å². The molecule has 16 heavy (non-hydrogen) atoms. The topological polar surface area (TPSA) is 17.1 Å². The number of fused-ring (bicyclic) bond motifs is 1. The van der Waals surface area contributed by atoms with Gasteiger partial charge >= 0.3 is 6.18 Å². The fraction of sp³-hybridized carbons (Fsp3) is 0.100. The largest absolute Gasteiger partial charge is 0.417 e. The summed E-state index contributed by atoms with van der Waals surface area (Å²) in [5, 5.41) is -0.216. The number of thiophene rings is 1. The van der Waals surface area contributed by atoms with Crippen molar-refractivity contribution in [3.63, 3.8) is 0 Å². The summed E-state index contributed by atoms with van der Waals surface area (Å²) in [6.45, 7) is 0. The molecule has 0 fully saturated rings. The predicted octanol–water partition coefficient (Wildman–Crippen LogP) is 4.39. The van der Waals surface area contributed by atoms with Gasteiger partial charge in [0, 0.05) is 10.1 Å². The minimum absolute atomic E-state index is 0.0937. The summed E-state index contributed by atoms with van der Waals surface area (Å²) in [5.74, 6) is 0. The van der Waals surface area contributed by atoms with Gasteiger partial charge in [-0.2, -0.15) is 13.2 Å². The van der Waals surface area contributed by atoms with Crippen LogP contribution in [-0.4, -0.2) is 6.29 Å². The zero-order valence-corrected chi connectivity index (χ0v) is 9.21. The number of aldehydes is 1. The molecule has 0 radical (unpaired) electrons. The highest BCUT2D eigenvalue weighted by Crippen LogP contribution is 2.42. The molecule has 0 aliphatic heterocycles. The standard InChI is InChI=1S/C10H4ClF3OS/c11-9-7(4-15)16-6-3-1-2-5(8(6)9)10(12,13)14/h1-4H. The molecule has 1 nitrogen and oxygen atoms in total. The van der Waals surface area contributed by atoms with Gasteiger partial charge in [0.25, 0.3) is 0 Å². The van der Waals surface area contributed by atoms with Gasteiger partial charge in [0.05, 0.1) is 15.5 Å². The molecule has 0 saturated heterocycles. The summed E-state index contributed by atoms with van der Waals surface area (Å²) in [7, 11) is 0. The molecule has 1 heterocycles. The van der Waals surface area contributed by atoms with Crippen LogP contribution in [-0.2, 0) is 6.18 Å². The molecule has 0 aliphatic rings. The van der Waals surface area contributed by atoms with Gasteiger partial charge in [-0.25, -0.2) is 0 Å². The number of halogens is 4. The average molecular weight is 265 g/mol. The van der Waals surface area contributed by atoms with Crippen LogP contribution in [0.4, 0.5) is 13.2 Å². The van der Waals surface area contributed by atoms with Crippen molar-refractivity contribution >= 4 is 39.3 Å². The number of carbonyl (C=O) groups excluding carboxylic acids is 1. The van der Waals surface area contributed by atoms with E-state index in [0.29, 0.717) is 11.0 Å². The smallest absolute Gasteiger partial charge is 0.297 e. The first-order valence-corrected chi connectivity index (χ1v) is 5.38. The summed E-state index contributed by atoms with van der Waals surface area (Å²) in [5.41, 5.74) is -0.806. The Hall–Kier alpha value is -1.07. The predicted molar refractivity (Wildman–Crippen MR) is 57.2 cm³/mol. The Morgan fingerprint density at radius 3 is 2.56 bits per heavy atom.